The number of thiol groups is 1. The van der Waals surface area contributed by atoms with E-state index in [0.29, 0.717) is 5.54 Å². The average Bonchev–Trinajstić information content (AvgIpc) is 2.18. The molecule has 3 heteroatoms. The van der Waals surface area contributed by atoms with Crippen molar-refractivity contribution >= 4 is 12.6 Å². The van der Waals surface area contributed by atoms with E-state index in [1.165, 1.54) is 51.7 Å². The van der Waals surface area contributed by atoms with Gasteiger partial charge in [0, 0.05) is 12.1 Å². The van der Waals surface area contributed by atoms with Crippen LogP contribution in [-0.2, 0) is 0 Å². The van der Waals surface area contributed by atoms with Gasteiger partial charge in [-0.05, 0) is 52.6 Å². The van der Waals surface area contributed by atoms with Gasteiger partial charge in [-0.3, -0.25) is 4.90 Å². The summed E-state index contributed by atoms with van der Waals surface area (Å²) in [6.45, 7) is 8.01. The van der Waals surface area contributed by atoms with E-state index < -0.39 is 0 Å². The van der Waals surface area contributed by atoms with E-state index in [-0.39, 0.29) is 4.87 Å². The second-order valence-corrected chi connectivity index (χ2v) is 6.78. The van der Waals surface area contributed by atoms with Crippen LogP contribution in [0.1, 0.15) is 46.0 Å². The van der Waals surface area contributed by atoms with Crippen molar-refractivity contribution in [2.24, 2.45) is 0 Å². The van der Waals surface area contributed by atoms with Crippen LogP contribution in [0, 0.1) is 0 Å². The maximum Gasteiger partial charge on any atom is 0.0584 e. The molecule has 2 heterocycles. The van der Waals surface area contributed by atoms with Crippen molar-refractivity contribution in [1.29, 1.82) is 0 Å². The molecule has 0 saturated carbocycles. The molecule has 0 aromatic heterocycles. The Morgan fingerprint density at radius 3 is 2.53 bits per heavy atom. The van der Waals surface area contributed by atoms with Gasteiger partial charge in [-0.15, -0.1) is 0 Å². The molecule has 2 aliphatic rings. The largest absolute Gasteiger partial charge is 0.310 e. The van der Waals surface area contributed by atoms with Gasteiger partial charge in [0.25, 0.3) is 0 Å². The van der Waals surface area contributed by atoms with Gasteiger partial charge in [-0.1, -0.05) is 6.42 Å². The summed E-state index contributed by atoms with van der Waals surface area (Å²) in [5.74, 6) is 0. The highest BCUT2D eigenvalue weighted by Gasteiger charge is 2.39. The van der Waals surface area contributed by atoms with Crippen LogP contribution in [0.15, 0.2) is 0 Å². The summed E-state index contributed by atoms with van der Waals surface area (Å²) in [5.41, 5.74) is 0.413. The monoisotopic (exact) mass is 228 g/mol. The quantitative estimate of drug-likeness (QED) is 0.669. The Balaban J connectivity index is 2.02. The highest BCUT2D eigenvalue weighted by molar-refractivity contribution is 7.81. The molecule has 0 amide bonds. The molecule has 1 N–H and O–H groups in total. The van der Waals surface area contributed by atoms with E-state index in [4.69, 9.17) is 12.6 Å². The minimum absolute atomic E-state index is 0.0343. The fourth-order valence-electron chi connectivity index (χ4n) is 2.98. The molecular formula is C12H24N2S. The Bertz CT molecular complexity index is 211. The normalized spacial score (nSPS) is 34.6. The summed E-state index contributed by atoms with van der Waals surface area (Å²) in [6.07, 6.45) is 6.78. The zero-order chi connectivity index (χ0) is 10.9. The lowest BCUT2D eigenvalue weighted by Crippen LogP contribution is -2.61. The van der Waals surface area contributed by atoms with Crippen LogP contribution in [0.5, 0.6) is 0 Å². The molecule has 15 heavy (non-hydrogen) atoms. The van der Waals surface area contributed by atoms with Crippen LogP contribution in [0.25, 0.3) is 0 Å². The minimum Gasteiger partial charge on any atom is -0.310 e. The number of rotatable bonds is 1. The van der Waals surface area contributed by atoms with E-state index in [0.717, 1.165) is 0 Å². The van der Waals surface area contributed by atoms with E-state index in [9.17, 15) is 0 Å². The molecule has 2 rings (SSSR count). The summed E-state index contributed by atoms with van der Waals surface area (Å²) >= 11 is 4.70. The van der Waals surface area contributed by atoms with Crippen LogP contribution in [-0.4, -0.2) is 34.9 Å². The zero-order valence-corrected chi connectivity index (χ0v) is 10.9. The van der Waals surface area contributed by atoms with Crippen molar-refractivity contribution in [2.75, 3.05) is 19.6 Å². The summed E-state index contributed by atoms with van der Waals surface area (Å²) in [4.78, 5) is 2.56. The van der Waals surface area contributed by atoms with Crippen LogP contribution in [0.4, 0.5) is 0 Å². The SMILES string of the molecule is CC(C)(S)N1CCCC2(CCCCN2)C1. The number of hydrogen-bond acceptors (Lipinski definition) is 3. The minimum atomic E-state index is 0.0343. The number of nitrogens with zero attached hydrogens (tertiary/aromatic N) is 1. The van der Waals surface area contributed by atoms with Crippen molar-refractivity contribution in [3.05, 3.63) is 0 Å². The lowest BCUT2D eigenvalue weighted by Gasteiger charge is -2.49. The lowest BCUT2D eigenvalue weighted by molar-refractivity contribution is 0.0668. The Morgan fingerprint density at radius 1 is 1.20 bits per heavy atom. The van der Waals surface area contributed by atoms with E-state index >= 15 is 0 Å². The first-order valence-corrected chi connectivity index (χ1v) is 6.69. The Labute approximate surface area is 99.2 Å². The molecule has 0 aliphatic carbocycles. The number of piperidine rings is 2. The van der Waals surface area contributed by atoms with Crippen molar-refractivity contribution in [3.8, 4) is 0 Å². The van der Waals surface area contributed by atoms with Gasteiger partial charge in [0.2, 0.25) is 0 Å². The van der Waals surface area contributed by atoms with Crippen molar-refractivity contribution in [1.82, 2.24) is 10.2 Å². The van der Waals surface area contributed by atoms with Crippen molar-refractivity contribution in [3.63, 3.8) is 0 Å². The molecule has 2 nitrogen and oxygen atoms in total. The molecule has 0 radical (unpaired) electrons. The molecular weight excluding hydrogens is 204 g/mol. The molecule has 2 saturated heterocycles. The molecule has 2 fully saturated rings. The summed E-state index contributed by atoms with van der Waals surface area (Å²) in [5, 5.41) is 3.76. The summed E-state index contributed by atoms with van der Waals surface area (Å²) in [6, 6.07) is 0. The predicted molar refractivity (Wildman–Crippen MR) is 68.5 cm³/mol. The summed E-state index contributed by atoms with van der Waals surface area (Å²) in [7, 11) is 0. The first-order chi connectivity index (χ1) is 7.02. The molecule has 88 valence electrons. The maximum atomic E-state index is 4.70. The predicted octanol–water partition coefficient (Wildman–Crippen LogP) is 2.26. The van der Waals surface area contributed by atoms with Gasteiger partial charge in [0.05, 0.1) is 4.87 Å². The van der Waals surface area contributed by atoms with E-state index in [2.05, 4.69) is 24.1 Å². The second kappa shape index (κ2) is 4.27. The van der Waals surface area contributed by atoms with Gasteiger partial charge in [-0.25, -0.2) is 0 Å². The molecule has 0 aromatic carbocycles. The van der Waals surface area contributed by atoms with Gasteiger partial charge in [0.1, 0.15) is 0 Å². The second-order valence-electron chi connectivity index (χ2n) is 5.68. The topological polar surface area (TPSA) is 15.3 Å². The lowest BCUT2D eigenvalue weighted by atomic mass is 9.81. The Morgan fingerprint density at radius 2 is 1.93 bits per heavy atom. The highest BCUT2D eigenvalue weighted by atomic mass is 32.1. The highest BCUT2D eigenvalue weighted by Crippen LogP contribution is 2.33. The first kappa shape index (κ1) is 11.7. The molecule has 1 unspecified atom stereocenters. The fourth-order valence-corrected chi connectivity index (χ4v) is 3.15. The molecule has 0 aromatic rings. The van der Waals surface area contributed by atoms with E-state index in [1.54, 1.807) is 0 Å². The van der Waals surface area contributed by atoms with E-state index in [1.807, 2.05) is 0 Å². The third-order valence-corrected chi connectivity index (χ3v) is 4.22. The Kier molecular flexibility index (Phi) is 3.34. The molecule has 1 atom stereocenters. The van der Waals surface area contributed by atoms with Gasteiger partial charge >= 0.3 is 0 Å². The molecule has 1 spiro atoms. The third-order valence-electron chi connectivity index (χ3n) is 3.93. The molecule has 2 aliphatic heterocycles. The van der Waals surface area contributed by atoms with Crippen LogP contribution in [0.2, 0.25) is 0 Å². The van der Waals surface area contributed by atoms with Crippen LogP contribution < -0.4 is 5.32 Å². The standard InChI is InChI=1S/C12H24N2S/c1-11(2,15)14-9-5-7-12(10-14)6-3-4-8-13-12/h13,15H,3-10H2,1-2H3. The fraction of sp³-hybridized carbons (Fsp3) is 1.00. The first-order valence-electron chi connectivity index (χ1n) is 6.24. The average molecular weight is 228 g/mol. The number of hydrogen-bond donors (Lipinski definition) is 2. The third kappa shape index (κ3) is 2.69. The van der Waals surface area contributed by atoms with Crippen LogP contribution in [0.3, 0.4) is 0 Å². The maximum absolute atomic E-state index is 4.70. The Hall–Kier alpha value is 0.270. The van der Waals surface area contributed by atoms with Crippen molar-refractivity contribution in [2.45, 2.75) is 56.4 Å². The summed E-state index contributed by atoms with van der Waals surface area (Å²) < 4.78 is 0. The van der Waals surface area contributed by atoms with Gasteiger partial charge in [0.15, 0.2) is 0 Å². The van der Waals surface area contributed by atoms with Gasteiger partial charge in [-0.2, -0.15) is 12.6 Å². The number of likely N-dealkylation sites (tertiary alicyclic amines) is 1. The smallest absolute Gasteiger partial charge is 0.0584 e. The van der Waals surface area contributed by atoms with Crippen LogP contribution >= 0.6 is 12.6 Å². The molecule has 0 bridgehead atoms. The number of nitrogens with one attached hydrogen (secondary N) is 1. The zero-order valence-electron chi connectivity index (χ0n) is 10.1. The van der Waals surface area contributed by atoms with Gasteiger partial charge < -0.3 is 5.32 Å². The van der Waals surface area contributed by atoms with Crippen molar-refractivity contribution < 1.29 is 0 Å².